The van der Waals surface area contributed by atoms with Crippen molar-refractivity contribution < 1.29 is 17.7 Å². The average molecular weight is 258 g/mol. The maximum atomic E-state index is 10.5. The monoisotopic (exact) mass is 258 g/mol. The predicted molar refractivity (Wildman–Crippen MR) is 67.1 cm³/mol. The molecule has 0 radical (unpaired) electrons. The summed E-state index contributed by atoms with van der Waals surface area (Å²) in [6, 6.07) is 5.92. The zero-order valence-corrected chi connectivity index (χ0v) is 11.0. The van der Waals surface area contributed by atoms with E-state index >= 15 is 0 Å². The first-order chi connectivity index (χ1) is 7.88. The fourth-order valence-electron chi connectivity index (χ4n) is 1.53. The van der Waals surface area contributed by atoms with Crippen LogP contribution in [0.1, 0.15) is 24.0 Å². The minimum atomic E-state index is -3.84. The second-order valence-electron chi connectivity index (χ2n) is 4.11. The maximum absolute atomic E-state index is 10.5. The first-order valence-corrected chi connectivity index (χ1v) is 7.14. The molecule has 96 valence electrons. The molecule has 0 aliphatic carbocycles. The molecule has 0 aliphatic rings. The van der Waals surface area contributed by atoms with Gasteiger partial charge in [-0.1, -0.05) is 17.7 Å². The van der Waals surface area contributed by atoms with Crippen LogP contribution in [0.25, 0.3) is 0 Å². The zero-order chi connectivity index (χ0) is 12.9. The summed E-state index contributed by atoms with van der Waals surface area (Å²) in [5.41, 5.74) is 2.25. The van der Waals surface area contributed by atoms with E-state index in [-0.39, 0.29) is 5.75 Å². The van der Waals surface area contributed by atoms with E-state index in [9.17, 15) is 8.42 Å². The van der Waals surface area contributed by atoms with Crippen molar-refractivity contribution in [2.75, 3.05) is 12.4 Å². The Balaban J connectivity index is 2.32. The van der Waals surface area contributed by atoms with Gasteiger partial charge in [0, 0.05) is 0 Å². The summed E-state index contributed by atoms with van der Waals surface area (Å²) in [6.45, 7) is 4.45. The second-order valence-corrected chi connectivity index (χ2v) is 5.68. The Morgan fingerprint density at radius 1 is 1.24 bits per heavy atom. The van der Waals surface area contributed by atoms with E-state index in [4.69, 9.17) is 9.29 Å². The molecular formula is C12H18O4S. The predicted octanol–water partition coefficient (Wildman–Crippen LogP) is 2.35. The molecule has 0 amide bonds. The van der Waals surface area contributed by atoms with Crippen LogP contribution in [0.3, 0.4) is 0 Å². The Morgan fingerprint density at radius 3 is 2.53 bits per heavy atom. The lowest BCUT2D eigenvalue weighted by Gasteiger charge is -2.09. The Kier molecular flexibility index (Phi) is 4.96. The largest absolute Gasteiger partial charge is 0.493 e. The number of hydrogen-bond donors (Lipinski definition) is 1. The molecule has 0 saturated heterocycles. The zero-order valence-electron chi connectivity index (χ0n) is 10.1. The molecule has 4 nitrogen and oxygen atoms in total. The molecular weight excluding hydrogens is 240 g/mol. The topological polar surface area (TPSA) is 63.6 Å². The summed E-state index contributed by atoms with van der Waals surface area (Å²) < 4.78 is 35.0. The van der Waals surface area contributed by atoms with Crippen LogP contribution in [-0.4, -0.2) is 25.3 Å². The molecule has 1 aromatic rings. The molecule has 17 heavy (non-hydrogen) atoms. The highest BCUT2D eigenvalue weighted by molar-refractivity contribution is 7.85. The molecule has 0 fully saturated rings. The summed E-state index contributed by atoms with van der Waals surface area (Å²) >= 11 is 0. The van der Waals surface area contributed by atoms with E-state index in [1.54, 1.807) is 0 Å². The van der Waals surface area contributed by atoms with Gasteiger partial charge in [-0.25, -0.2) is 0 Å². The Morgan fingerprint density at radius 2 is 1.94 bits per heavy atom. The van der Waals surface area contributed by atoms with Gasteiger partial charge in [0.1, 0.15) is 5.75 Å². The third kappa shape index (κ3) is 5.70. The number of rotatable bonds is 6. The van der Waals surface area contributed by atoms with Gasteiger partial charge in [-0.3, -0.25) is 4.55 Å². The molecule has 0 bridgehead atoms. The van der Waals surface area contributed by atoms with Crippen molar-refractivity contribution >= 4 is 10.1 Å². The Bertz CT molecular complexity index is 465. The van der Waals surface area contributed by atoms with Crippen LogP contribution in [-0.2, 0) is 10.1 Å². The molecule has 0 saturated carbocycles. The lowest BCUT2D eigenvalue weighted by molar-refractivity contribution is 0.307. The fourth-order valence-corrected chi connectivity index (χ4v) is 2.10. The minimum Gasteiger partial charge on any atom is -0.493 e. The SMILES string of the molecule is Cc1ccc(OCCCCS(=O)(=O)O)c(C)c1. The molecule has 1 N–H and O–H groups in total. The number of benzene rings is 1. The third-order valence-electron chi connectivity index (χ3n) is 2.38. The van der Waals surface area contributed by atoms with Crippen LogP contribution in [0.4, 0.5) is 0 Å². The highest BCUT2D eigenvalue weighted by Gasteiger charge is 2.04. The number of hydrogen-bond acceptors (Lipinski definition) is 3. The summed E-state index contributed by atoms with van der Waals surface area (Å²) in [5.74, 6) is 0.617. The normalized spacial score (nSPS) is 11.5. The van der Waals surface area contributed by atoms with E-state index in [1.807, 2.05) is 32.0 Å². The van der Waals surface area contributed by atoms with Crippen molar-refractivity contribution in [1.82, 2.24) is 0 Å². The number of ether oxygens (including phenoxy) is 1. The van der Waals surface area contributed by atoms with E-state index in [1.165, 1.54) is 5.56 Å². The van der Waals surface area contributed by atoms with Gasteiger partial charge in [-0.15, -0.1) is 0 Å². The maximum Gasteiger partial charge on any atom is 0.264 e. The third-order valence-corrected chi connectivity index (χ3v) is 3.19. The van der Waals surface area contributed by atoms with Crippen molar-refractivity contribution in [2.45, 2.75) is 26.7 Å². The number of aryl methyl sites for hydroxylation is 2. The van der Waals surface area contributed by atoms with Gasteiger partial charge < -0.3 is 4.74 Å². The summed E-state index contributed by atoms with van der Waals surface area (Å²) in [7, 11) is -3.84. The Labute approximate surface area is 102 Å². The van der Waals surface area contributed by atoms with E-state index in [0.29, 0.717) is 19.4 Å². The first-order valence-electron chi connectivity index (χ1n) is 5.54. The van der Waals surface area contributed by atoms with Crippen molar-refractivity contribution in [3.8, 4) is 5.75 Å². The van der Waals surface area contributed by atoms with Crippen LogP contribution >= 0.6 is 0 Å². The molecule has 0 unspecified atom stereocenters. The van der Waals surface area contributed by atoms with Gasteiger partial charge in [0.05, 0.1) is 12.4 Å². The second kappa shape index (κ2) is 6.02. The molecule has 0 aliphatic heterocycles. The van der Waals surface area contributed by atoms with Crippen molar-refractivity contribution in [2.24, 2.45) is 0 Å². The van der Waals surface area contributed by atoms with Gasteiger partial charge in [0.2, 0.25) is 0 Å². The quantitative estimate of drug-likeness (QED) is 0.628. The molecule has 0 heterocycles. The van der Waals surface area contributed by atoms with Crippen molar-refractivity contribution in [3.05, 3.63) is 29.3 Å². The molecule has 0 atom stereocenters. The molecule has 1 aromatic carbocycles. The van der Waals surface area contributed by atoms with Gasteiger partial charge in [0.15, 0.2) is 0 Å². The van der Waals surface area contributed by atoms with Gasteiger partial charge in [-0.2, -0.15) is 8.42 Å². The average Bonchev–Trinajstić information content (AvgIpc) is 2.18. The van der Waals surface area contributed by atoms with Crippen LogP contribution in [0.5, 0.6) is 5.75 Å². The highest BCUT2D eigenvalue weighted by Crippen LogP contribution is 2.18. The van der Waals surface area contributed by atoms with E-state index in [2.05, 4.69) is 0 Å². The van der Waals surface area contributed by atoms with Crippen LogP contribution in [0.15, 0.2) is 18.2 Å². The van der Waals surface area contributed by atoms with Gasteiger partial charge in [0.25, 0.3) is 10.1 Å². The van der Waals surface area contributed by atoms with Crippen LogP contribution < -0.4 is 4.74 Å². The van der Waals surface area contributed by atoms with Crippen molar-refractivity contribution in [3.63, 3.8) is 0 Å². The Hall–Kier alpha value is -1.07. The lowest BCUT2D eigenvalue weighted by atomic mass is 10.1. The fraction of sp³-hybridized carbons (Fsp3) is 0.500. The van der Waals surface area contributed by atoms with Crippen molar-refractivity contribution in [1.29, 1.82) is 0 Å². The molecule has 5 heteroatoms. The van der Waals surface area contributed by atoms with Gasteiger partial charge in [-0.05, 0) is 38.3 Å². The summed E-state index contributed by atoms with van der Waals surface area (Å²) in [5, 5.41) is 0. The summed E-state index contributed by atoms with van der Waals surface area (Å²) in [6.07, 6.45) is 1.01. The molecule has 1 rings (SSSR count). The highest BCUT2D eigenvalue weighted by atomic mass is 32.2. The van der Waals surface area contributed by atoms with Gasteiger partial charge >= 0.3 is 0 Å². The standard InChI is InChI=1S/C12H18O4S/c1-10-5-6-12(11(2)9-10)16-7-3-4-8-17(13,14)15/h5-6,9H,3-4,7-8H2,1-2H3,(H,13,14,15). The summed E-state index contributed by atoms with van der Waals surface area (Å²) in [4.78, 5) is 0. The van der Waals surface area contributed by atoms with Crippen LogP contribution in [0, 0.1) is 13.8 Å². The van der Waals surface area contributed by atoms with E-state index < -0.39 is 10.1 Å². The smallest absolute Gasteiger partial charge is 0.264 e. The molecule has 0 aromatic heterocycles. The lowest BCUT2D eigenvalue weighted by Crippen LogP contribution is -2.06. The van der Waals surface area contributed by atoms with E-state index in [0.717, 1.165) is 11.3 Å². The number of unbranched alkanes of at least 4 members (excludes halogenated alkanes) is 1. The first kappa shape index (κ1) is 14.0. The minimum absolute atomic E-state index is 0.205. The molecule has 0 spiro atoms. The van der Waals surface area contributed by atoms with Crippen LogP contribution in [0.2, 0.25) is 0 Å².